The van der Waals surface area contributed by atoms with Crippen LogP contribution in [0.1, 0.15) is 5.56 Å². The van der Waals surface area contributed by atoms with Crippen LogP contribution in [0.15, 0.2) is 28.1 Å². The number of furan rings is 1. The van der Waals surface area contributed by atoms with Crippen molar-refractivity contribution in [3.63, 3.8) is 0 Å². The third kappa shape index (κ3) is 2.69. The standard InChI is InChI=1S/C6H8N4OS/c7-9-6(12)10-8-3-5-1-2-11-4-5/h1-4H,7H2,(H2,9,10,12)/b8-3+. The molecular weight excluding hydrogens is 176 g/mol. The Kier molecular flexibility index (Phi) is 3.24. The Morgan fingerprint density at radius 1 is 1.75 bits per heavy atom. The van der Waals surface area contributed by atoms with E-state index in [1.54, 1.807) is 24.8 Å². The molecule has 1 rings (SSSR count). The Bertz CT molecular complexity index is 269. The van der Waals surface area contributed by atoms with E-state index in [4.69, 9.17) is 10.3 Å². The van der Waals surface area contributed by atoms with Crippen LogP contribution in [0.4, 0.5) is 0 Å². The first-order valence-corrected chi connectivity index (χ1v) is 3.55. The summed E-state index contributed by atoms with van der Waals surface area (Å²) in [5.74, 6) is 4.99. The highest BCUT2D eigenvalue weighted by Crippen LogP contribution is 1.93. The van der Waals surface area contributed by atoms with Crippen molar-refractivity contribution in [3.05, 3.63) is 24.2 Å². The van der Waals surface area contributed by atoms with E-state index in [2.05, 4.69) is 28.2 Å². The Hall–Kier alpha value is -1.40. The van der Waals surface area contributed by atoms with Gasteiger partial charge >= 0.3 is 0 Å². The van der Waals surface area contributed by atoms with Crippen LogP contribution in [0.25, 0.3) is 0 Å². The molecule has 0 unspecified atom stereocenters. The summed E-state index contributed by atoms with van der Waals surface area (Å²) in [6.45, 7) is 0. The zero-order chi connectivity index (χ0) is 8.81. The van der Waals surface area contributed by atoms with Gasteiger partial charge in [0, 0.05) is 5.56 Å². The van der Waals surface area contributed by atoms with Crippen LogP contribution in [0.3, 0.4) is 0 Å². The van der Waals surface area contributed by atoms with E-state index < -0.39 is 0 Å². The second kappa shape index (κ2) is 4.47. The van der Waals surface area contributed by atoms with E-state index >= 15 is 0 Å². The van der Waals surface area contributed by atoms with E-state index in [-0.39, 0.29) is 5.11 Å². The summed E-state index contributed by atoms with van der Waals surface area (Å²) < 4.78 is 4.81. The van der Waals surface area contributed by atoms with Gasteiger partial charge in [0.05, 0.1) is 18.7 Å². The van der Waals surface area contributed by atoms with Gasteiger partial charge in [0.2, 0.25) is 5.11 Å². The van der Waals surface area contributed by atoms with E-state index in [1.807, 2.05) is 0 Å². The molecule has 1 aromatic heterocycles. The molecule has 0 saturated carbocycles. The lowest BCUT2D eigenvalue weighted by Gasteiger charge is -1.97. The van der Waals surface area contributed by atoms with Gasteiger partial charge < -0.3 is 4.42 Å². The van der Waals surface area contributed by atoms with E-state index in [1.165, 1.54) is 0 Å². The first-order valence-electron chi connectivity index (χ1n) is 3.15. The number of nitrogens with two attached hydrogens (primary N) is 1. The van der Waals surface area contributed by atoms with Crippen molar-refractivity contribution in [2.75, 3.05) is 0 Å². The average molecular weight is 184 g/mol. The molecular formula is C6H8N4OS. The van der Waals surface area contributed by atoms with Crippen molar-refractivity contribution in [1.82, 2.24) is 10.9 Å². The van der Waals surface area contributed by atoms with Crippen LogP contribution in [0, 0.1) is 0 Å². The van der Waals surface area contributed by atoms with Crippen molar-refractivity contribution in [3.8, 4) is 0 Å². The molecule has 4 N–H and O–H groups in total. The first kappa shape index (κ1) is 8.69. The Labute approximate surface area is 74.6 Å². The van der Waals surface area contributed by atoms with E-state index in [0.29, 0.717) is 0 Å². The zero-order valence-electron chi connectivity index (χ0n) is 6.15. The van der Waals surface area contributed by atoms with Crippen molar-refractivity contribution in [1.29, 1.82) is 0 Å². The molecule has 1 heterocycles. The lowest BCUT2D eigenvalue weighted by Crippen LogP contribution is -2.37. The SMILES string of the molecule is NNC(=S)N/N=C/c1ccoc1. The van der Waals surface area contributed by atoms with Crippen LogP contribution >= 0.6 is 12.2 Å². The predicted octanol–water partition coefficient (Wildman–Crippen LogP) is -0.0487. The molecule has 12 heavy (non-hydrogen) atoms. The van der Waals surface area contributed by atoms with E-state index in [0.717, 1.165) is 5.56 Å². The van der Waals surface area contributed by atoms with Crippen LogP contribution < -0.4 is 16.7 Å². The Morgan fingerprint density at radius 3 is 3.17 bits per heavy atom. The van der Waals surface area contributed by atoms with Crippen LogP contribution in [0.5, 0.6) is 0 Å². The van der Waals surface area contributed by atoms with Gasteiger partial charge in [-0.2, -0.15) is 5.10 Å². The normalized spacial score (nSPS) is 10.1. The number of hydrazine groups is 1. The van der Waals surface area contributed by atoms with Gasteiger partial charge in [-0.05, 0) is 18.3 Å². The molecule has 5 nitrogen and oxygen atoms in total. The lowest BCUT2D eigenvalue weighted by atomic mass is 10.4. The second-order valence-corrected chi connectivity index (χ2v) is 2.31. The maximum absolute atomic E-state index is 4.99. The molecule has 6 heteroatoms. The fourth-order valence-corrected chi connectivity index (χ4v) is 0.599. The van der Waals surface area contributed by atoms with Crippen molar-refractivity contribution in [2.45, 2.75) is 0 Å². The third-order valence-electron chi connectivity index (χ3n) is 1.05. The fraction of sp³-hybridized carbons (Fsp3) is 0. The summed E-state index contributed by atoms with van der Waals surface area (Å²) in [5.41, 5.74) is 5.57. The summed E-state index contributed by atoms with van der Waals surface area (Å²) >= 11 is 4.67. The molecule has 1 aromatic rings. The summed E-state index contributed by atoms with van der Waals surface area (Å²) in [6, 6.07) is 1.77. The topological polar surface area (TPSA) is 75.6 Å². The number of rotatable bonds is 2. The van der Waals surface area contributed by atoms with Gasteiger partial charge in [0.25, 0.3) is 0 Å². The van der Waals surface area contributed by atoms with Gasteiger partial charge in [-0.1, -0.05) is 0 Å². The Balaban J connectivity index is 2.37. The van der Waals surface area contributed by atoms with Gasteiger partial charge in [-0.25, -0.2) is 5.84 Å². The molecule has 0 fully saturated rings. The van der Waals surface area contributed by atoms with Crippen LogP contribution in [0.2, 0.25) is 0 Å². The fourth-order valence-electron chi connectivity index (χ4n) is 0.546. The van der Waals surface area contributed by atoms with Gasteiger partial charge in [-0.3, -0.25) is 10.9 Å². The highest BCUT2D eigenvalue weighted by Gasteiger charge is 1.87. The molecule has 0 aliphatic rings. The molecule has 0 spiro atoms. The smallest absolute Gasteiger partial charge is 0.201 e. The van der Waals surface area contributed by atoms with Crippen molar-refractivity contribution in [2.24, 2.45) is 10.9 Å². The van der Waals surface area contributed by atoms with Crippen molar-refractivity contribution >= 4 is 23.5 Å². The molecule has 64 valence electrons. The van der Waals surface area contributed by atoms with Gasteiger partial charge in [0.1, 0.15) is 0 Å². The number of hydrogen-bond acceptors (Lipinski definition) is 4. The third-order valence-corrected chi connectivity index (χ3v) is 1.26. The largest absolute Gasteiger partial charge is 0.472 e. The molecule has 0 radical (unpaired) electrons. The highest BCUT2D eigenvalue weighted by atomic mass is 32.1. The number of hydrazone groups is 1. The predicted molar refractivity (Wildman–Crippen MR) is 49.4 cm³/mol. The number of thiocarbonyl (C=S) groups is 1. The molecule has 0 amide bonds. The Morgan fingerprint density at radius 2 is 2.58 bits per heavy atom. The summed E-state index contributed by atoms with van der Waals surface area (Å²) in [6.07, 6.45) is 4.68. The van der Waals surface area contributed by atoms with Crippen molar-refractivity contribution < 1.29 is 4.42 Å². The molecule has 0 aromatic carbocycles. The number of nitrogens with zero attached hydrogens (tertiary/aromatic N) is 1. The molecule has 0 atom stereocenters. The minimum absolute atomic E-state index is 0.259. The summed E-state index contributed by atoms with van der Waals surface area (Å²) in [5, 5.41) is 4.02. The molecule has 0 bridgehead atoms. The highest BCUT2D eigenvalue weighted by molar-refractivity contribution is 7.80. The van der Waals surface area contributed by atoms with Crippen LogP contribution in [-0.4, -0.2) is 11.3 Å². The maximum Gasteiger partial charge on any atom is 0.201 e. The molecule has 0 saturated heterocycles. The minimum Gasteiger partial charge on any atom is -0.472 e. The zero-order valence-corrected chi connectivity index (χ0v) is 6.97. The monoisotopic (exact) mass is 184 g/mol. The van der Waals surface area contributed by atoms with Crippen LogP contribution in [-0.2, 0) is 0 Å². The maximum atomic E-state index is 4.99. The first-order chi connectivity index (χ1) is 5.83. The van der Waals surface area contributed by atoms with Gasteiger partial charge in [-0.15, -0.1) is 0 Å². The molecule has 0 aliphatic heterocycles. The quantitative estimate of drug-likeness (QED) is 0.260. The summed E-state index contributed by atoms with van der Waals surface area (Å²) in [7, 11) is 0. The van der Waals surface area contributed by atoms with Gasteiger partial charge in [0.15, 0.2) is 0 Å². The minimum atomic E-state index is 0.259. The number of nitrogens with one attached hydrogen (secondary N) is 2. The lowest BCUT2D eigenvalue weighted by molar-refractivity contribution is 0.567. The van der Waals surface area contributed by atoms with E-state index in [9.17, 15) is 0 Å². The molecule has 0 aliphatic carbocycles. The average Bonchev–Trinajstić information content (AvgIpc) is 2.57. The second-order valence-electron chi connectivity index (χ2n) is 1.90. The number of hydrogen-bond donors (Lipinski definition) is 3. The summed E-state index contributed by atoms with van der Waals surface area (Å²) in [4.78, 5) is 0.